The van der Waals surface area contributed by atoms with Gasteiger partial charge in [0.15, 0.2) is 0 Å². The number of hydrogen-bond donors (Lipinski definition) is 0. The van der Waals surface area contributed by atoms with E-state index in [0.717, 1.165) is 6.42 Å². The molecule has 0 spiro atoms. The summed E-state index contributed by atoms with van der Waals surface area (Å²) in [7, 11) is 0. The molecule has 0 radical (unpaired) electrons. The van der Waals surface area contributed by atoms with Gasteiger partial charge in [-0.15, -0.1) is 0 Å². The second-order valence-corrected chi connectivity index (χ2v) is 14.5. The Morgan fingerprint density at radius 3 is 1.62 bits per heavy atom. The maximum absolute atomic E-state index is 2.48. The fourth-order valence-corrected chi connectivity index (χ4v) is 9.27. The molecular weight excluding hydrogens is 641 g/mol. The van der Waals surface area contributed by atoms with Gasteiger partial charge in [0.1, 0.15) is 0 Å². The summed E-state index contributed by atoms with van der Waals surface area (Å²) in [4.78, 5) is 0. The number of aromatic nitrogens is 2. The van der Waals surface area contributed by atoms with Crippen LogP contribution >= 0.6 is 0 Å². The molecule has 0 saturated carbocycles. The molecule has 1 aliphatic carbocycles. The molecule has 53 heavy (non-hydrogen) atoms. The Morgan fingerprint density at radius 2 is 0.887 bits per heavy atom. The minimum absolute atomic E-state index is 0.949. The SMILES string of the molecule is c1ccc2c(c1)Cc1c-2ccc2c1c1cc(-c3ccc4c(c3)c3ccccc3n4-c3ccc4ccccc4c3)ccc1n2-c1ccc2ccccc2c1. The first-order valence-corrected chi connectivity index (χ1v) is 18.5. The summed E-state index contributed by atoms with van der Waals surface area (Å²) < 4.78 is 4.90. The Bertz CT molecular complexity index is 3320. The van der Waals surface area contributed by atoms with Crippen molar-refractivity contribution in [1.82, 2.24) is 9.13 Å². The summed E-state index contributed by atoms with van der Waals surface area (Å²) in [5.74, 6) is 0. The molecule has 0 unspecified atom stereocenters. The first kappa shape index (κ1) is 28.8. The van der Waals surface area contributed by atoms with E-state index in [9.17, 15) is 0 Å². The van der Waals surface area contributed by atoms with Crippen LogP contribution < -0.4 is 0 Å². The quantitative estimate of drug-likeness (QED) is 0.177. The van der Waals surface area contributed by atoms with E-state index in [2.05, 4.69) is 191 Å². The van der Waals surface area contributed by atoms with Gasteiger partial charge in [0.05, 0.1) is 22.1 Å². The molecular formula is C51H32N2. The largest absolute Gasteiger partial charge is 0.309 e. The van der Waals surface area contributed by atoms with Crippen molar-refractivity contribution in [2.24, 2.45) is 0 Å². The Labute approximate surface area is 306 Å². The standard InChI is InChI=1S/C51H32N2/c1-3-11-34-27-39(21-17-32(34)9-1)52-47-16-8-7-15-43(47)44-29-36(19-24-48(44)52)37-20-25-49-46(30-37)51-45-31-38-13-5-6-14-41(38)42(45)23-26-50(51)53(49)40-22-18-33-10-2-4-12-35(33)28-40/h1-30H,31H2. The number of rotatable bonds is 3. The van der Waals surface area contributed by atoms with Crippen molar-refractivity contribution >= 4 is 65.2 Å². The van der Waals surface area contributed by atoms with Crippen molar-refractivity contribution in [2.75, 3.05) is 0 Å². The highest BCUT2D eigenvalue weighted by molar-refractivity contribution is 6.15. The van der Waals surface area contributed by atoms with E-state index in [-0.39, 0.29) is 0 Å². The van der Waals surface area contributed by atoms with Gasteiger partial charge in [-0.3, -0.25) is 0 Å². The number of para-hydroxylation sites is 1. The maximum atomic E-state index is 2.48. The smallest absolute Gasteiger partial charge is 0.0544 e. The predicted octanol–water partition coefficient (Wildman–Crippen LogP) is 13.4. The van der Waals surface area contributed by atoms with Crippen LogP contribution in [0.5, 0.6) is 0 Å². The van der Waals surface area contributed by atoms with E-state index in [0.29, 0.717) is 0 Å². The van der Waals surface area contributed by atoms with Gasteiger partial charge in [-0.2, -0.15) is 0 Å². The lowest BCUT2D eigenvalue weighted by molar-refractivity contribution is 1.18. The summed E-state index contributed by atoms with van der Waals surface area (Å²) in [5.41, 5.74) is 15.3. The van der Waals surface area contributed by atoms with Crippen molar-refractivity contribution in [3.63, 3.8) is 0 Å². The van der Waals surface area contributed by atoms with Gasteiger partial charge < -0.3 is 9.13 Å². The number of fused-ring (bicyclic) bond motifs is 12. The molecule has 12 rings (SSSR count). The van der Waals surface area contributed by atoms with Gasteiger partial charge in [-0.05, 0) is 122 Å². The minimum atomic E-state index is 0.949. The molecule has 0 amide bonds. The van der Waals surface area contributed by atoms with Crippen LogP contribution in [0.25, 0.3) is 98.8 Å². The second kappa shape index (κ2) is 10.8. The monoisotopic (exact) mass is 672 g/mol. The topological polar surface area (TPSA) is 9.86 Å². The highest BCUT2D eigenvalue weighted by atomic mass is 15.0. The zero-order valence-corrected chi connectivity index (χ0v) is 28.9. The fourth-order valence-electron chi connectivity index (χ4n) is 9.27. The fraction of sp³-hybridized carbons (Fsp3) is 0.0196. The van der Waals surface area contributed by atoms with E-state index < -0.39 is 0 Å². The first-order chi connectivity index (χ1) is 26.3. The van der Waals surface area contributed by atoms with Gasteiger partial charge in [0.25, 0.3) is 0 Å². The number of nitrogens with zero attached hydrogens (tertiary/aromatic N) is 2. The van der Waals surface area contributed by atoms with Crippen LogP contribution in [0.4, 0.5) is 0 Å². The molecule has 2 heterocycles. The Balaban J connectivity index is 1.09. The first-order valence-electron chi connectivity index (χ1n) is 18.5. The lowest BCUT2D eigenvalue weighted by Gasteiger charge is -2.11. The van der Waals surface area contributed by atoms with Crippen molar-refractivity contribution in [3.05, 3.63) is 193 Å². The van der Waals surface area contributed by atoms with Crippen LogP contribution in [0.2, 0.25) is 0 Å². The average Bonchev–Trinajstić information content (AvgIpc) is 3.87. The van der Waals surface area contributed by atoms with Crippen LogP contribution in [0.15, 0.2) is 182 Å². The van der Waals surface area contributed by atoms with E-state index in [4.69, 9.17) is 0 Å². The lowest BCUT2D eigenvalue weighted by atomic mass is 9.97. The van der Waals surface area contributed by atoms with Crippen molar-refractivity contribution in [3.8, 4) is 33.6 Å². The zero-order valence-electron chi connectivity index (χ0n) is 28.9. The molecule has 2 nitrogen and oxygen atoms in total. The third kappa shape index (κ3) is 4.15. The van der Waals surface area contributed by atoms with E-state index in [1.54, 1.807) is 0 Å². The molecule has 2 aromatic heterocycles. The Morgan fingerprint density at radius 1 is 0.340 bits per heavy atom. The van der Waals surface area contributed by atoms with Gasteiger partial charge in [-0.25, -0.2) is 0 Å². The molecule has 2 heteroatoms. The zero-order chi connectivity index (χ0) is 34.6. The van der Waals surface area contributed by atoms with E-state index in [1.807, 2.05) is 0 Å². The highest BCUT2D eigenvalue weighted by Crippen LogP contribution is 2.46. The number of benzene rings is 9. The molecule has 0 bridgehead atoms. The Hall–Kier alpha value is -6.90. The molecule has 0 N–H and O–H groups in total. The molecule has 246 valence electrons. The average molecular weight is 673 g/mol. The normalized spacial score (nSPS) is 12.5. The van der Waals surface area contributed by atoms with Gasteiger partial charge in [0, 0.05) is 32.9 Å². The predicted molar refractivity (Wildman–Crippen MR) is 224 cm³/mol. The highest BCUT2D eigenvalue weighted by Gasteiger charge is 2.25. The van der Waals surface area contributed by atoms with Crippen LogP contribution in [-0.2, 0) is 6.42 Å². The summed E-state index contributed by atoms with van der Waals surface area (Å²) in [6.45, 7) is 0. The Kier molecular flexibility index (Phi) is 5.86. The van der Waals surface area contributed by atoms with Crippen LogP contribution in [0.1, 0.15) is 11.1 Å². The second-order valence-electron chi connectivity index (χ2n) is 14.5. The van der Waals surface area contributed by atoms with Gasteiger partial charge >= 0.3 is 0 Å². The van der Waals surface area contributed by atoms with Crippen LogP contribution in [0, 0.1) is 0 Å². The van der Waals surface area contributed by atoms with Crippen LogP contribution in [0.3, 0.4) is 0 Å². The van der Waals surface area contributed by atoms with Crippen LogP contribution in [-0.4, -0.2) is 9.13 Å². The molecule has 0 aliphatic heterocycles. The molecule has 1 aliphatic rings. The maximum Gasteiger partial charge on any atom is 0.0544 e. The van der Waals surface area contributed by atoms with Gasteiger partial charge in [-0.1, -0.05) is 121 Å². The van der Waals surface area contributed by atoms with Crippen molar-refractivity contribution < 1.29 is 0 Å². The van der Waals surface area contributed by atoms with Crippen molar-refractivity contribution in [2.45, 2.75) is 6.42 Å². The molecule has 0 atom stereocenters. The molecule has 0 fully saturated rings. The van der Waals surface area contributed by atoms with Gasteiger partial charge in [0.2, 0.25) is 0 Å². The van der Waals surface area contributed by atoms with Crippen molar-refractivity contribution in [1.29, 1.82) is 0 Å². The van der Waals surface area contributed by atoms with E-state index >= 15 is 0 Å². The molecule has 0 saturated heterocycles. The summed E-state index contributed by atoms with van der Waals surface area (Å²) in [6, 6.07) is 67.5. The third-order valence-corrected chi connectivity index (χ3v) is 11.7. The summed E-state index contributed by atoms with van der Waals surface area (Å²) in [6.07, 6.45) is 0.949. The summed E-state index contributed by atoms with van der Waals surface area (Å²) >= 11 is 0. The summed E-state index contributed by atoms with van der Waals surface area (Å²) in [5, 5.41) is 10.2. The number of hydrogen-bond acceptors (Lipinski definition) is 0. The van der Waals surface area contributed by atoms with E-state index in [1.165, 1.54) is 110 Å². The molecule has 11 aromatic rings. The minimum Gasteiger partial charge on any atom is -0.309 e. The molecule has 9 aromatic carbocycles. The third-order valence-electron chi connectivity index (χ3n) is 11.7. The lowest BCUT2D eigenvalue weighted by Crippen LogP contribution is -1.94.